The van der Waals surface area contributed by atoms with Crippen molar-refractivity contribution in [1.29, 1.82) is 0 Å². The fraction of sp³-hybridized carbons (Fsp3) is 0.556. The van der Waals surface area contributed by atoms with Crippen LogP contribution in [0.25, 0.3) is 10.2 Å². The van der Waals surface area contributed by atoms with Gasteiger partial charge in [-0.25, -0.2) is 4.98 Å². The molecule has 1 aromatic carbocycles. The van der Waals surface area contributed by atoms with Crippen molar-refractivity contribution < 1.29 is 14.2 Å². The van der Waals surface area contributed by atoms with Crippen molar-refractivity contribution in [2.24, 2.45) is 5.92 Å². The van der Waals surface area contributed by atoms with Gasteiger partial charge in [-0.2, -0.15) is 0 Å². The number of hydrogen-bond acceptors (Lipinski definition) is 5. The minimum Gasteiger partial charge on any atom is -0.520 e. The molecule has 1 unspecified atom stereocenters. The summed E-state index contributed by atoms with van der Waals surface area (Å²) in [6, 6.07) is 5.90. The number of nitrogens with one attached hydrogen (secondary N) is 2. The van der Waals surface area contributed by atoms with Gasteiger partial charge in [0.05, 0.1) is 29.9 Å². The topological polar surface area (TPSA) is 66.4 Å². The van der Waals surface area contributed by atoms with Gasteiger partial charge in [0, 0.05) is 19.0 Å². The van der Waals surface area contributed by atoms with Crippen LogP contribution < -0.4 is 15.4 Å². The molecule has 5 rings (SSSR count). The SMILES string of the molecule is [BH3-][N+]12CCC(CC1)C(O)(CNC(=S)Nc1nc3ccc(OCC)cc3s1)C2. The van der Waals surface area contributed by atoms with Crippen LogP contribution in [0.5, 0.6) is 5.75 Å². The Kier molecular flexibility index (Phi) is 5.05. The van der Waals surface area contributed by atoms with E-state index >= 15 is 0 Å². The molecule has 2 bridgehead atoms. The van der Waals surface area contributed by atoms with Crippen molar-refractivity contribution in [3.63, 3.8) is 0 Å². The average molecular weight is 406 g/mol. The third kappa shape index (κ3) is 3.92. The summed E-state index contributed by atoms with van der Waals surface area (Å²) in [7, 11) is 0.186. The van der Waals surface area contributed by atoms with Crippen LogP contribution in [-0.2, 0) is 0 Å². The first-order chi connectivity index (χ1) is 12.9. The lowest BCUT2D eigenvalue weighted by atomic mass is 9.72. The molecular formula is C18H27BN4O2S2. The summed E-state index contributed by atoms with van der Waals surface area (Å²) in [5.74, 6) is 1.26. The summed E-state index contributed by atoms with van der Waals surface area (Å²) in [6.45, 7) is 6.62. The molecule has 0 amide bonds. The summed E-state index contributed by atoms with van der Waals surface area (Å²) >= 11 is 7.01. The zero-order valence-corrected chi connectivity index (χ0v) is 16.5. The number of thiocarbonyl (C=S) groups is 1. The predicted octanol–water partition coefficient (Wildman–Crippen LogP) is 1.23. The number of hydrogen-bond donors (Lipinski definition) is 3. The largest absolute Gasteiger partial charge is 0.520 e. The molecule has 4 heterocycles. The van der Waals surface area contributed by atoms with Gasteiger partial charge in [-0.3, -0.25) is 0 Å². The van der Waals surface area contributed by atoms with Crippen molar-refractivity contribution in [2.75, 3.05) is 38.1 Å². The Bertz CT molecular complexity index is 853. The lowest BCUT2D eigenvalue weighted by molar-refractivity contribution is -0.846. The number of aliphatic hydroxyl groups is 1. The normalized spacial score (nSPS) is 29.7. The third-order valence-electron chi connectivity index (χ3n) is 5.29. The highest BCUT2D eigenvalue weighted by molar-refractivity contribution is 7.80. The molecule has 3 aliphatic rings. The average Bonchev–Trinajstić information content (AvgIpc) is 3.02. The van der Waals surface area contributed by atoms with Crippen LogP contribution >= 0.6 is 23.6 Å². The van der Waals surface area contributed by atoms with E-state index in [4.69, 9.17) is 17.0 Å². The van der Waals surface area contributed by atoms with Gasteiger partial charge in [-0.1, -0.05) is 11.3 Å². The zero-order chi connectivity index (χ0) is 19.1. The maximum Gasteiger partial charge on any atom is 0.190 e. The van der Waals surface area contributed by atoms with Crippen LogP contribution in [0.1, 0.15) is 19.8 Å². The van der Waals surface area contributed by atoms with Crippen molar-refractivity contribution in [3.05, 3.63) is 18.2 Å². The van der Waals surface area contributed by atoms with Crippen LogP contribution in [0, 0.1) is 5.92 Å². The molecule has 9 heteroatoms. The summed E-state index contributed by atoms with van der Waals surface area (Å²) in [5.41, 5.74) is 0.306. The number of anilines is 1. The van der Waals surface area contributed by atoms with Gasteiger partial charge in [0.25, 0.3) is 0 Å². The molecule has 3 fully saturated rings. The first kappa shape index (κ1) is 18.9. The minimum absolute atomic E-state index is 0.186. The summed E-state index contributed by atoms with van der Waals surface area (Å²) in [4.78, 5) is 4.58. The lowest BCUT2D eigenvalue weighted by Gasteiger charge is -2.60. The fourth-order valence-electron chi connectivity index (χ4n) is 3.93. The second-order valence-corrected chi connectivity index (χ2v) is 8.48. The molecule has 3 N–H and O–H groups in total. The molecule has 0 saturated carbocycles. The Labute approximate surface area is 169 Å². The Morgan fingerprint density at radius 2 is 2.26 bits per heavy atom. The maximum atomic E-state index is 11.2. The van der Waals surface area contributed by atoms with Crippen molar-refractivity contribution in [3.8, 4) is 5.75 Å². The van der Waals surface area contributed by atoms with Gasteiger partial charge < -0.3 is 24.9 Å². The minimum atomic E-state index is -0.621. The van der Waals surface area contributed by atoms with E-state index in [0.29, 0.717) is 24.2 Å². The van der Waals surface area contributed by atoms with Crippen LogP contribution in [-0.4, -0.2) is 66.0 Å². The first-order valence-corrected chi connectivity index (χ1v) is 10.3. The molecule has 0 aliphatic carbocycles. The highest BCUT2D eigenvalue weighted by Crippen LogP contribution is 2.38. The van der Waals surface area contributed by atoms with E-state index in [9.17, 15) is 5.11 Å². The highest BCUT2D eigenvalue weighted by atomic mass is 32.1. The Balaban J connectivity index is 1.37. The van der Waals surface area contributed by atoms with Crippen molar-refractivity contribution >= 4 is 52.0 Å². The third-order valence-corrected chi connectivity index (χ3v) is 6.47. The molecule has 27 heavy (non-hydrogen) atoms. The molecular weight excluding hydrogens is 379 g/mol. The number of rotatable bonds is 5. The number of fused-ring (bicyclic) bond motifs is 4. The molecule has 1 atom stereocenters. The van der Waals surface area contributed by atoms with Crippen LogP contribution in [0.15, 0.2) is 18.2 Å². The second-order valence-electron chi connectivity index (χ2n) is 7.04. The number of thiazole rings is 1. The molecule has 146 valence electrons. The second kappa shape index (κ2) is 7.20. The Morgan fingerprint density at radius 1 is 1.48 bits per heavy atom. The molecule has 6 nitrogen and oxygen atoms in total. The predicted molar refractivity (Wildman–Crippen MR) is 117 cm³/mol. The highest BCUT2D eigenvalue weighted by Gasteiger charge is 2.49. The van der Waals surface area contributed by atoms with Gasteiger partial charge in [0.2, 0.25) is 0 Å². The van der Waals surface area contributed by atoms with Gasteiger partial charge >= 0.3 is 0 Å². The Hall–Kier alpha value is -1.42. The fourth-order valence-corrected chi connectivity index (χ4v) is 5.07. The van der Waals surface area contributed by atoms with Gasteiger partial charge in [0.1, 0.15) is 11.4 Å². The van der Waals surface area contributed by atoms with E-state index in [1.165, 1.54) is 17.5 Å². The Morgan fingerprint density at radius 3 is 2.96 bits per heavy atom. The number of benzene rings is 1. The van der Waals surface area contributed by atoms with Crippen molar-refractivity contribution in [1.82, 2.24) is 10.3 Å². The number of nitrogens with zero attached hydrogens (tertiary/aromatic N) is 2. The van der Waals surface area contributed by atoms with E-state index in [-0.39, 0.29) is 7.98 Å². The van der Waals surface area contributed by atoms with E-state index in [1.807, 2.05) is 25.1 Å². The van der Waals surface area contributed by atoms with E-state index < -0.39 is 5.60 Å². The van der Waals surface area contributed by atoms with E-state index in [0.717, 1.165) is 40.5 Å². The maximum absolute atomic E-state index is 11.2. The zero-order valence-electron chi connectivity index (χ0n) is 14.8. The molecule has 0 radical (unpaired) electrons. The molecule has 1 aromatic heterocycles. The first-order valence-electron chi connectivity index (χ1n) is 9.09. The summed E-state index contributed by atoms with van der Waals surface area (Å²) < 4.78 is 7.83. The molecule has 2 aromatic rings. The van der Waals surface area contributed by atoms with Crippen LogP contribution in [0.3, 0.4) is 0 Å². The monoisotopic (exact) mass is 406 g/mol. The quantitative estimate of drug-likeness (QED) is 0.513. The molecule has 3 aliphatic heterocycles. The number of aromatic nitrogens is 1. The van der Waals surface area contributed by atoms with Gasteiger partial charge in [0.15, 0.2) is 18.2 Å². The van der Waals surface area contributed by atoms with E-state index in [2.05, 4.69) is 15.6 Å². The molecule has 0 spiro atoms. The van der Waals surface area contributed by atoms with E-state index in [1.54, 1.807) is 11.3 Å². The standard InChI is InChI=1S/C18H27BN4O2S2/c1-2-25-13-3-4-14-15(9-13)27-17(21-14)22-16(26)20-10-18(24)11-23(19)7-5-12(18)6-8-23/h3-4,9,12,24H,2,5-8,10-11H2,1,19H3,(H2,20,21,22,26). The van der Waals surface area contributed by atoms with Crippen molar-refractivity contribution in [2.45, 2.75) is 25.4 Å². The van der Waals surface area contributed by atoms with Crippen LogP contribution in [0.4, 0.5) is 5.13 Å². The number of quaternary nitrogens is 1. The van der Waals surface area contributed by atoms with Crippen LogP contribution in [0.2, 0.25) is 0 Å². The van der Waals surface area contributed by atoms with Gasteiger partial charge in [-0.15, -0.1) is 0 Å². The summed E-state index contributed by atoms with van der Waals surface area (Å²) in [5, 5.41) is 18.9. The van der Waals surface area contributed by atoms with Gasteiger partial charge in [-0.05, 0) is 50.2 Å². The molecule has 3 saturated heterocycles. The number of ether oxygens (including phenoxy) is 1. The lowest BCUT2D eigenvalue weighted by Crippen LogP contribution is -2.70. The smallest absolute Gasteiger partial charge is 0.190 e. The summed E-state index contributed by atoms with van der Waals surface area (Å²) in [6.07, 6.45) is 2.31. The number of piperidine rings is 3.